The summed E-state index contributed by atoms with van der Waals surface area (Å²) in [4.78, 5) is 1.26. The molecule has 0 amide bonds. The number of ether oxygens (including phenoxy) is 2. The van der Waals surface area contributed by atoms with E-state index in [1.165, 1.54) is 4.88 Å². The number of thiophene rings is 1. The Morgan fingerprint density at radius 2 is 2.05 bits per heavy atom. The molecule has 0 saturated heterocycles. The standard InChI is InChI=1S/C16H19NO3S/c18-14(11-17-10-13-3-1-8-21-13)12-4-5-15-16(9-12)20-7-2-6-19-15/h1,3-5,8-9,14,17-18H,2,6-7,10-11H2/t14-/m1/s1. The van der Waals surface area contributed by atoms with Crippen LogP contribution >= 0.6 is 11.3 Å². The fourth-order valence-corrected chi connectivity index (χ4v) is 2.92. The van der Waals surface area contributed by atoms with E-state index in [1.54, 1.807) is 11.3 Å². The second-order valence-corrected chi connectivity index (χ2v) is 6.01. The van der Waals surface area contributed by atoms with Gasteiger partial charge in [0.05, 0.1) is 19.3 Å². The zero-order valence-electron chi connectivity index (χ0n) is 11.7. The molecule has 0 radical (unpaired) electrons. The van der Waals surface area contributed by atoms with Crippen LogP contribution in [0, 0.1) is 0 Å². The number of fused-ring (bicyclic) bond motifs is 1. The lowest BCUT2D eigenvalue weighted by Crippen LogP contribution is -2.20. The summed E-state index contributed by atoms with van der Waals surface area (Å²) in [5.41, 5.74) is 0.845. The molecule has 3 rings (SSSR count). The molecule has 1 aliphatic heterocycles. The van der Waals surface area contributed by atoms with Crippen LogP contribution in [-0.2, 0) is 6.54 Å². The first-order valence-corrected chi connectivity index (χ1v) is 8.01. The first-order chi connectivity index (χ1) is 10.3. The van der Waals surface area contributed by atoms with Gasteiger partial charge in [-0.1, -0.05) is 12.1 Å². The topological polar surface area (TPSA) is 50.7 Å². The van der Waals surface area contributed by atoms with E-state index in [1.807, 2.05) is 24.3 Å². The van der Waals surface area contributed by atoms with Crippen molar-refractivity contribution in [3.8, 4) is 11.5 Å². The Morgan fingerprint density at radius 1 is 1.19 bits per heavy atom. The number of hydrogen-bond donors (Lipinski definition) is 2. The summed E-state index contributed by atoms with van der Waals surface area (Å²) in [5.74, 6) is 1.48. The van der Waals surface area contributed by atoms with Gasteiger partial charge in [-0.2, -0.15) is 0 Å². The number of nitrogens with one attached hydrogen (secondary N) is 1. The molecule has 2 N–H and O–H groups in total. The zero-order valence-corrected chi connectivity index (χ0v) is 12.6. The number of hydrogen-bond acceptors (Lipinski definition) is 5. The van der Waals surface area contributed by atoms with Crippen molar-refractivity contribution in [2.24, 2.45) is 0 Å². The van der Waals surface area contributed by atoms with Crippen molar-refractivity contribution in [2.75, 3.05) is 19.8 Å². The highest BCUT2D eigenvalue weighted by atomic mass is 32.1. The molecule has 0 fully saturated rings. The van der Waals surface area contributed by atoms with Crippen molar-refractivity contribution >= 4 is 11.3 Å². The van der Waals surface area contributed by atoms with E-state index in [9.17, 15) is 5.11 Å². The van der Waals surface area contributed by atoms with Gasteiger partial charge in [0.15, 0.2) is 11.5 Å². The average molecular weight is 305 g/mol. The summed E-state index contributed by atoms with van der Waals surface area (Å²) >= 11 is 1.71. The lowest BCUT2D eigenvalue weighted by atomic mass is 10.1. The highest BCUT2D eigenvalue weighted by Crippen LogP contribution is 2.32. The van der Waals surface area contributed by atoms with Crippen LogP contribution in [0.5, 0.6) is 11.5 Å². The van der Waals surface area contributed by atoms with E-state index in [-0.39, 0.29) is 0 Å². The van der Waals surface area contributed by atoms with E-state index in [0.29, 0.717) is 19.8 Å². The minimum Gasteiger partial charge on any atom is -0.490 e. The molecule has 0 aliphatic carbocycles. The Balaban J connectivity index is 1.59. The van der Waals surface area contributed by atoms with Crippen LogP contribution in [0.3, 0.4) is 0 Å². The molecule has 1 atom stereocenters. The minimum absolute atomic E-state index is 0.511. The summed E-state index contributed by atoms with van der Waals surface area (Å²) in [6, 6.07) is 9.75. The fourth-order valence-electron chi connectivity index (χ4n) is 2.25. The Kier molecular flexibility index (Phi) is 4.75. The van der Waals surface area contributed by atoms with Crippen LogP contribution in [-0.4, -0.2) is 24.9 Å². The molecule has 0 saturated carbocycles. The molecule has 1 aliphatic rings. The first kappa shape index (κ1) is 14.4. The Bertz CT molecular complexity index is 571. The largest absolute Gasteiger partial charge is 0.490 e. The third-order valence-corrected chi connectivity index (χ3v) is 4.25. The van der Waals surface area contributed by atoms with Crippen molar-refractivity contribution in [2.45, 2.75) is 19.1 Å². The van der Waals surface area contributed by atoms with Crippen molar-refractivity contribution in [1.29, 1.82) is 0 Å². The summed E-state index contributed by atoms with van der Waals surface area (Å²) in [7, 11) is 0. The molecule has 0 bridgehead atoms. The molecule has 5 heteroatoms. The van der Waals surface area contributed by atoms with E-state index < -0.39 is 6.10 Å². The third kappa shape index (κ3) is 3.75. The van der Waals surface area contributed by atoms with Crippen molar-refractivity contribution in [3.63, 3.8) is 0 Å². The van der Waals surface area contributed by atoms with E-state index in [0.717, 1.165) is 30.0 Å². The minimum atomic E-state index is -0.554. The van der Waals surface area contributed by atoms with E-state index in [2.05, 4.69) is 16.8 Å². The summed E-state index contributed by atoms with van der Waals surface area (Å²) in [6.45, 7) is 2.62. The van der Waals surface area contributed by atoms with Crippen molar-refractivity contribution in [3.05, 3.63) is 46.2 Å². The predicted molar refractivity (Wildman–Crippen MR) is 83.0 cm³/mol. The second-order valence-electron chi connectivity index (χ2n) is 4.98. The van der Waals surface area contributed by atoms with Gasteiger partial charge in [0, 0.05) is 24.4 Å². The predicted octanol–water partition coefficient (Wildman–Crippen LogP) is 2.73. The average Bonchev–Trinajstić information content (AvgIpc) is 2.90. The van der Waals surface area contributed by atoms with Gasteiger partial charge in [-0.3, -0.25) is 0 Å². The summed E-state index contributed by atoms with van der Waals surface area (Å²) in [6.07, 6.45) is 0.330. The Hall–Kier alpha value is -1.56. The molecule has 2 aromatic rings. The molecule has 21 heavy (non-hydrogen) atoms. The number of aliphatic hydroxyl groups is 1. The van der Waals surface area contributed by atoms with Crippen LogP contribution in [0.2, 0.25) is 0 Å². The van der Waals surface area contributed by atoms with E-state index >= 15 is 0 Å². The van der Waals surface area contributed by atoms with Crippen LogP contribution in [0.4, 0.5) is 0 Å². The second kappa shape index (κ2) is 6.93. The maximum absolute atomic E-state index is 10.3. The first-order valence-electron chi connectivity index (χ1n) is 7.13. The number of rotatable bonds is 5. The maximum Gasteiger partial charge on any atom is 0.161 e. The normalized spacial score (nSPS) is 15.5. The van der Waals surface area contributed by atoms with E-state index in [4.69, 9.17) is 9.47 Å². The van der Waals surface area contributed by atoms with Gasteiger partial charge in [0.2, 0.25) is 0 Å². The zero-order chi connectivity index (χ0) is 14.5. The van der Waals surface area contributed by atoms with Gasteiger partial charge in [-0.25, -0.2) is 0 Å². The van der Waals surface area contributed by atoms with Gasteiger partial charge in [-0.15, -0.1) is 11.3 Å². The molecule has 1 aromatic heterocycles. The van der Waals surface area contributed by atoms with Gasteiger partial charge >= 0.3 is 0 Å². The van der Waals surface area contributed by atoms with Crippen molar-refractivity contribution in [1.82, 2.24) is 5.32 Å². The SMILES string of the molecule is O[C@H](CNCc1cccs1)c1ccc2c(c1)OCCCO2. The summed E-state index contributed by atoms with van der Waals surface area (Å²) in [5, 5.41) is 15.6. The molecular formula is C16H19NO3S. The highest BCUT2D eigenvalue weighted by molar-refractivity contribution is 7.09. The molecule has 4 nitrogen and oxygen atoms in total. The number of aliphatic hydroxyl groups excluding tert-OH is 1. The lowest BCUT2D eigenvalue weighted by molar-refractivity contribution is 0.174. The Morgan fingerprint density at radius 3 is 2.86 bits per heavy atom. The molecule has 112 valence electrons. The molecular weight excluding hydrogens is 286 g/mol. The van der Waals surface area contributed by atoms with Crippen LogP contribution in [0.15, 0.2) is 35.7 Å². The number of benzene rings is 1. The van der Waals surface area contributed by atoms with Gasteiger partial charge in [0.25, 0.3) is 0 Å². The van der Waals surface area contributed by atoms with Gasteiger partial charge in [-0.05, 0) is 29.1 Å². The molecule has 0 spiro atoms. The fraction of sp³-hybridized carbons (Fsp3) is 0.375. The highest BCUT2D eigenvalue weighted by Gasteiger charge is 2.14. The smallest absolute Gasteiger partial charge is 0.161 e. The van der Waals surface area contributed by atoms with Crippen molar-refractivity contribution < 1.29 is 14.6 Å². The van der Waals surface area contributed by atoms with Crippen LogP contribution < -0.4 is 14.8 Å². The monoisotopic (exact) mass is 305 g/mol. The quantitative estimate of drug-likeness (QED) is 0.892. The van der Waals surface area contributed by atoms with Crippen LogP contribution in [0.25, 0.3) is 0 Å². The Labute approximate surface area is 128 Å². The maximum atomic E-state index is 10.3. The van der Waals surface area contributed by atoms with Gasteiger partial charge < -0.3 is 19.9 Å². The molecule has 0 unspecified atom stereocenters. The van der Waals surface area contributed by atoms with Crippen LogP contribution in [0.1, 0.15) is 23.0 Å². The van der Waals surface area contributed by atoms with Gasteiger partial charge in [0.1, 0.15) is 0 Å². The molecule has 2 heterocycles. The third-order valence-electron chi connectivity index (χ3n) is 3.37. The summed E-state index contributed by atoms with van der Waals surface area (Å²) < 4.78 is 11.2. The molecule has 1 aromatic carbocycles. The lowest BCUT2D eigenvalue weighted by Gasteiger charge is -2.14.